The second kappa shape index (κ2) is 5.41. The van der Waals surface area contributed by atoms with Crippen molar-refractivity contribution in [2.24, 2.45) is 0 Å². The monoisotopic (exact) mass is 218 g/mol. The van der Waals surface area contributed by atoms with Crippen LogP contribution in [0.5, 0.6) is 5.75 Å². The van der Waals surface area contributed by atoms with E-state index in [0.717, 1.165) is 6.07 Å². The summed E-state index contributed by atoms with van der Waals surface area (Å²) < 4.78 is 41.2. The lowest BCUT2D eigenvalue weighted by molar-refractivity contribution is -0.0501. The van der Waals surface area contributed by atoms with E-state index in [-0.39, 0.29) is 17.9 Å². The minimum absolute atomic E-state index is 0.105. The second-order valence-corrected chi connectivity index (χ2v) is 2.62. The van der Waals surface area contributed by atoms with Gasteiger partial charge in [0, 0.05) is 0 Å². The number of aliphatic hydroxyl groups excluding tert-OH is 1. The molecule has 2 nitrogen and oxygen atoms in total. The molecule has 0 atom stereocenters. The van der Waals surface area contributed by atoms with E-state index in [9.17, 15) is 13.2 Å². The molecule has 0 saturated carbocycles. The molecule has 1 rings (SSSR count). The first kappa shape index (κ1) is 11.6. The van der Waals surface area contributed by atoms with E-state index < -0.39 is 12.4 Å². The molecule has 1 aromatic carbocycles. The zero-order valence-corrected chi connectivity index (χ0v) is 7.66. The molecule has 0 amide bonds. The first-order chi connectivity index (χ1) is 7.15. The van der Waals surface area contributed by atoms with Crippen LogP contribution in [0.4, 0.5) is 13.2 Å². The van der Waals surface area contributed by atoms with Crippen LogP contribution in [0.15, 0.2) is 24.3 Å². The van der Waals surface area contributed by atoms with Crippen molar-refractivity contribution in [3.8, 4) is 5.75 Å². The Balaban J connectivity index is 3.02. The zero-order chi connectivity index (χ0) is 11.3. The molecule has 0 unspecified atom stereocenters. The summed E-state index contributed by atoms with van der Waals surface area (Å²) in [5.41, 5.74) is -0.105. The summed E-state index contributed by atoms with van der Waals surface area (Å²) in [6.45, 7) is -3.31. The molecule has 5 heteroatoms. The lowest BCUT2D eigenvalue weighted by Crippen LogP contribution is -2.04. The van der Waals surface area contributed by atoms with Crippen molar-refractivity contribution in [2.45, 2.75) is 6.61 Å². The Labute approximate surface area is 84.6 Å². The second-order valence-electron chi connectivity index (χ2n) is 2.62. The summed E-state index contributed by atoms with van der Waals surface area (Å²) in [5, 5.41) is 8.49. The summed E-state index contributed by atoms with van der Waals surface area (Å²) in [6.07, 6.45) is 2.42. The van der Waals surface area contributed by atoms with Crippen LogP contribution in [-0.2, 0) is 0 Å². The molecule has 0 aromatic heterocycles. The molecule has 15 heavy (non-hydrogen) atoms. The highest BCUT2D eigenvalue weighted by Crippen LogP contribution is 2.24. The molecule has 1 aromatic rings. The molecule has 0 aliphatic carbocycles. The van der Waals surface area contributed by atoms with Crippen LogP contribution in [0.25, 0.3) is 6.08 Å². The predicted molar refractivity (Wildman–Crippen MR) is 49.2 cm³/mol. The van der Waals surface area contributed by atoms with Crippen molar-refractivity contribution < 1.29 is 23.0 Å². The van der Waals surface area contributed by atoms with Gasteiger partial charge in [-0.25, -0.2) is 4.39 Å². The highest BCUT2D eigenvalue weighted by molar-refractivity contribution is 5.57. The fourth-order valence-corrected chi connectivity index (χ4v) is 1.05. The van der Waals surface area contributed by atoms with Crippen molar-refractivity contribution >= 4 is 6.08 Å². The Morgan fingerprint density at radius 2 is 2.13 bits per heavy atom. The third kappa shape index (κ3) is 3.28. The maximum atomic E-state index is 13.2. The van der Waals surface area contributed by atoms with Gasteiger partial charge in [-0.3, -0.25) is 0 Å². The van der Waals surface area contributed by atoms with E-state index in [2.05, 4.69) is 4.74 Å². The number of hydrogen-bond acceptors (Lipinski definition) is 2. The van der Waals surface area contributed by atoms with Gasteiger partial charge in [-0.15, -0.1) is 0 Å². The molecule has 0 aliphatic rings. The maximum absolute atomic E-state index is 13.2. The first-order valence-electron chi connectivity index (χ1n) is 4.16. The molecule has 82 valence electrons. The minimum atomic E-state index is -3.01. The predicted octanol–water partition coefficient (Wildman–Crippen LogP) is 2.43. The van der Waals surface area contributed by atoms with Crippen molar-refractivity contribution in [1.82, 2.24) is 0 Å². The largest absolute Gasteiger partial charge is 0.434 e. The summed E-state index contributed by atoms with van der Waals surface area (Å²) in [4.78, 5) is 0. The van der Waals surface area contributed by atoms with Crippen molar-refractivity contribution in [3.05, 3.63) is 35.7 Å². The molecular formula is C10H9F3O2. The van der Waals surface area contributed by atoms with E-state index >= 15 is 0 Å². The SMILES string of the molecule is OCC=Cc1c(F)cccc1OC(F)F. The van der Waals surface area contributed by atoms with Crippen LogP contribution in [0.3, 0.4) is 0 Å². The number of rotatable bonds is 4. The van der Waals surface area contributed by atoms with Gasteiger partial charge in [-0.1, -0.05) is 18.2 Å². The Hall–Kier alpha value is -1.49. The van der Waals surface area contributed by atoms with E-state index in [1.165, 1.54) is 24.3 Å². The molecular weight excluding hydrogens is 209 g/mol. The zero-order valence-electron chi connectivity index (χ0n) is 7.66. The number of halogens is 3. The van der Waals surface area contributed by atoms with Crippen LogP contribution in [0.2, 0.25) is 0 Å². The molecule has 0 aliphatic heterocycles. The van der Waals surface area contributed by atoms with Gasteiger partial charge in [0.1, 0.15) is 11.6 Å². The molecule has 0 fully saturated rings. The lowest BCUT2D eigenvalue weighted by atomic mass is 10.1. The van der Waals surface area contributed by atoms with E-state index in [4.69, 9.17) is 5.11 Å². The maximum Gasteiger partial charge on any atom is 0.387 e. The lowest BCUT2D eigenvalue weighted by Gasteiger charge is -2.08. The molecule has 0 saturated heterocycles. The Morgan fingerprint density at radius 3 is 2.73 bits per heavy atom. The standard InChI is InChI=1S/C10H9F3O2/c11-8-4-1-5-9(15-10(12)13)7(8)3-2-6-14/h1-5,10,14H,6H2. The number of benzene rings is 1. The fourth-order valence-electron chi connectivity index (χ4n) is 1.05. The van der Waals surface area contributed by atoms with E-state index in [1.807, 2.05) is 0 Å². The van der Waals surface area contributed by atoms with E-state index in [0.29, 0.717) is 0 Å². The van der Waals surface area contributed by atoms with Gasteiger partial charge < -0.3 is 9.84 Å². The normalized spacial score (nSPS) is 11.3. The van der Waals surface area contributed by atoms with Crippen LogP contribution >= 0.6 is 0 Å². The molecule has 0 spiro atoms. The van der Waals surface area contributed by atoms with Gasteiger partial charge >= 0.3 is 6.61 Å². The first-order valence-corrected chi connectivity index (χ1v) is 4.16. The van der Waals surface area contributed by atoms with Gasteiger partial charge in [0.05, 0.1) is 12.2 Å². The van der Waals surface area contributed by atoms with Gasteiger partial charge in [0.25, 0.3) is 0 Å². The smallest absolute Gasteiger partial charge is 0.387 e. The van der Waals surface area contributed by atoms with E-state index in [1.54, 1.807) is 0 Å². The summed E-state index contributed by atoms with van der Waals surface area (Å²) >= 11 is 0. The Kier molecular flexibility index (Phi) is 4.17. The van der Waals surface area contributed by atoms with Crippen molar-refractivity contribution in [1.29, 1.82) is 0 Å². The highest BCUT2D eigenvalue weighted by atomic mass is 19.3. The number of alkyl halides is 2. The Morgan fingerprint density at radius 1 is 1.40 bits per heavy atom. The average Bonchev–Trinajstić information content (AvgIpc) is 2.16. The molecule has 0 bridgehead atoms. The minimum Gasteiger partial charge on any atom is -0.434 e. The quantitative estimate of drug-likeness (QED) is 0.841. The third-order valence-corrected chi connectivity index (χ3v) is 1.62. The van der Waals surface area contributed by atoms with Crippen LogP contribution in [0.1, 0.15) is 5.56 Å². The van der Waals surface area contributed by atoms with Crippen LogP contribution in [0, 0.1) is 5.82 Å². The van der Waals surface area contributed by atoms with Crippen molar-refractivity contribution in [3.63, 3.8) is 0 Å². The highest BCUT2D eigenvalue weighted by Gasteiger charge is 2.10. The van der Waals surface area contributed by atoms with Crippen molar-refractivity contribution in [2.75, 3.05) is 6.61 Å². The summed E-state index contributed by atoms with van der Waals surface area (Å²) in [7, 11) is 0. The van der Waals surface area contributed by atoms with Gasteiger partial charge in [-0.05, 0) is 12.1 Å². The fraction of sp³-hybridized carbons (Fsp3) is 0.200. The number of hydrogen-bond donors (Lipinski definition) is 1. The summed E-state index contributed by atoms with van der Waals surface area (Å²) in [5.74, 6) is -0.937. The molecule has 0 heterocycles. The van der Waals surface area contributed by atoms with Gasteiger partial charge in [0.15, 0.2) is 0 Å². The number of aliphatic hydroxyl groups is 1. The molecule has 0 radical (unpaired) electrons. The van der Waals surface area contributed by atoms with Crippen LogP contribution in [-0.4, -0.2) is 18.3 Å². The summed E-state index contributed by atoms with van der Waals surface area (Å²) in [6, 6.07) is 3.62. The third-order valence-electron chi connectivity index (χ3n) is 1.62. The molecule has 1 N–H and O–H groups in total. The Bertz CT molecular complexity index is 351. The van der Waals surface area contributed by atoms with Gasteiger partial charge in [-0.2, -0.15) is 8.78 Å². The van der Waals surface area contributed by atoms with Gasteiger partial charge in [0.2, 0.25) is 0 Å². The topological polar surface area (TPSA) is 29.5 Å². The average molecular weight is 218 g/mol. The number of ether oxygens (including phenoxy) is 1. The van der Waals surface area contributed by atoms with Crippen LogP contribution < -0.4 is 4.74 Å².